The topological polar surface area (TPSA) is 131 Å². The molecule has 9 nitrogen and oxygen atoms in total. The van der Waals surface area contributed by atoms with Gasteiger partial charge in [-0.3, -0.25) is 25.7 Å². The van der Waals surface area contributed by atoms with E-state index >= 15 is 0 Å². The number of nitrogens with zero attached hydrogens (tertiary/aromatic N) is 3. The standard InChI is InChI=1S/C25H34N4O5/c1-24-11-9-16(26-27-21-7-4-17(28(31)32)14-22(21)29(33)34)13-15(24)3-5-18-19-6-8-23(30)25(19,2)12-10-20(18)24/h4,7,14-15,18-20,23,27,30H,3,5-6,8-13H2,1-2H3/b26-16+/t15?,18?,19?,20?,23?,24-,25-/m1/s1. The van der Waals surface area contributed by atoms with Crippen molar-refractivity contribution in [2.24, 2.45) is 39.6 Å². The molecule has 0 heterocycles. The molecule has 1 aromatic carbocycles. The minimum absolute atomic E-state index is 0.0923. The first-order chi connectivity index (χ1) is 16.1. The molecule has 9 heteroatoms. The number of nitro benzene ring substituents is 2. The molecule has 5 unspecified atom stereocenters. The van der Waals surface area contributed by atoms with Gasteiger partial charge in [0.25, 0.3) is 5.69 Å². The van der Waals surface area contributed by atoms with E-state index in [2.05, 4.69) is 24.4 Å². The number of fused-ring (bicyclic) bond motifs is 5. The van der Waals surface area contributed by atoms with Gasteiger partial charge in [-0.15, -0.1) is 0 Å². The van der Waals surface area contributed by atoms with Crippen LogP contribution in [0.5, 0.6) is 0 Å². The van der Waals surface area contributed by atoms with Crippen molar-refractivity contribution in [2.75, 3.05) is 5.43 Å². The van der Waals surface area contributed by atoms with Crippen molar-refractivity contribution in [2.45, 2.75) is 77.7 Å². The molecule has 7 atom stereocenters. The first-order valence-electron chi connectivity index (χ1n) is 12.6. The van der Waals surface area contributed by atoms with Gasteiger partial charge in [0.2, 0.25) is 0 Å². The van der Waals surface area contributed by atoms with E-state index < -0.39 is 9.85 Å². The highest BCUT2D eigenvalue weighted by Crippen LogP contribution is 2.66. The van der Waals surface area contributed by atoms with Crippen LogP contribution in [0.15, 0.2) is 23.3 Å². The van der Waals surface area contributed by atoms with Crippen molar-refractivity contribution in [1.29, 1.82) is 0 Å². The van der Waals surface area contributed by atoms with Gasteiger partial charge in [-0.1, -0.05) is 13.8 Å². The molecule has 5 rings (SSSR count). The Morgan fingerprint density at radius 3 is 2.50 bits per heavy atom. The molecule has 0 radical (unpaired) electrons. The smallest absolute Gasteiger partial charge is 0.301 e. The second-order valence-corrected chi connectivity index (χ2v) is 11.5. The Kier molecular flexibility index (Phi) is 5.66. The molecule has 2 N–H and O–H groups in total. The number of hydrogen-bond donors (Lipinski definition) is 2. The highest BCUT2D eigenvalue weighted by atomic mass is 16.6. The van der Waals surface area contributed by atoms with Crippen molar-refractivity contribution < 1.29 is 15.0 Å². The zero-order chi connectivity index (χ0) is 24.3. The first-order valence-corrected chi connectivity index (χ1v) is 12.6. The van der Waals surface area contributed by atoms with Crippen molar-refractivity contribution in [3.63, 3.8) is 0 Å². The molecule has 4 fully saturated rings. The molecular formula is C25H34N4O5. The molecule has 0 aromatic heterocycles. The van der Waals surface area contributed by atoms with E-state index in [1.54, 1.807) is 0 Å². The average molecular weight is 471 g/mol. The maximum Gasteiger partial charge on any atom is 0.301 e. The van der Waals surface area contributed by atoms with Crippen LogP contribution in [-0.4, -0.2) is 26.8 Å². The summed E-state index contributed by atoms with van der Waals surface area (Å²) >= 11 is 0. The Morgan fingerprint density at radius 2 is 1.76 bits per heavy atom. The van der Waals surface area contributed by atoms with Gasteiger partial charge in [0.05, 0.1) is 22.0 Å². The summed E-state index contributed by atoms with van der Waals surface area (Å²) in [7, 11) is 0. The number of aliphatic hydroxyl groups excluding tert-OH is 1. The number of rotatable bonds is 4. The number of anilines is 1. The lowest BCUT2D eigenvalue weighted by molar-refractivity contribution is -0.393. The average Bonchev–Trinajstić information content (AvgIpc) is 3.11. The molecule has 4 aliphatic carbocycles. The fourth-order valence-electron chi connectivity index (χ4n) is 8.15. The van der Waals surface area contributed by atoms with Gasteiger partial charge in [-0.05, 0) is 98.4 Å². The molecule has 0 aliphatic heterocycles. The summed E-state index contributed by atoms with van der Waals surface area (Å²) in [6, 6.07) is 3.58. The number of nitrogens with one attached hydrogen (secondary N) is 1. The zero-order valence-corrected chi connectivity index (χ0v) is 19.9. The molecule has 0 bridgehead atoms. The Morgan fingerprint density at radius 1 is 1.00 bits per heavy atom. The van der Waals surface area contributed by atoms with Crippen LogP contribution in [0, 0.1) is 54.7 Å². The maximum atomic E-state index is 11.4. The third-order valence-electron chi connectivity index (χ3n) is 10.2. The summed E-state index contributed by atoms with van der Waals surface area (Å²) in [6.45, 7) is 4.78. The molecule has 1 aromatic rings. The van der Waals surface area contributed by atoms with Crippen LogP contribution in [0.2, 0.25) is 0 Å². The summed E-state index contributed by atoms with van der Waals surface area (Å²) in [5, 5.41) is 37.6. The molecule has 4 saturated carbocycles. The zero-order valence-electron chi connectivity index (χ0n) is 19.9. The molecule has 34 heavy (non-hydrogen) atoms. The van der Waals surface area contributed by atoms with Gasteiger partial charge in [0.15, 0.2) is 0 Å². The van der Waals surface area contributed by atoms with Crippen LogP contribution in [0.1, 0.15) is 71.6 Å². The van der Waals surface area contributed by atoms with E-state index in [0.29, 0.717) is 23.7 Å². The van der Waals surface area contributed by atoms with Crippen LogP contribution in [-0.2, 0) is 0 Å². The van der Waals surface area contributed by atoms with E-state index in [-0.39, 0.29) is 34.0 Å². The normalized spacial score (nSPS) is 40.2. The number of non-ortho nitro benzene ring substituents is 1. The third kappa shape index (κ3) is 3.59. The van der Waals surface area contributed by atoms with Gasteiger partial charge in [0.1, 0.15) is 5.69 Å². The van der Waals surface area contributed by atoms with Gasteiger partial charge in [-0.2, -0.15) is 5.10 Å². The largest absolute Gasteiger partial charge is 0.393 e. The van der Waals surface area contributed by atoms with Crippen molar-refractivity contribution in [1.82, 2.24) is 0 Å². The summed E-state index contributed by atoms with van der Waals surface area (Å²) in [5.41, 5.74) is 3.73. The van der Waals surface area contributed by atoms with Gasteiger partial charge in [-0.25, -0.2) is 0 Å². The van der Waals surface area contributed by atoms with E-state index in [1.165, 1.54) is 25.0 Å². The Bertz CT molecular complexity index is 1040. The highest BCUT2D eigenvalue weighted by molar-refractivity contribution is 5.86. The predicted octanol–water partition coefficient (Wildman–Crippen LogP) is 5.67. The van der Waals surface area contributed by atoms with Gasteiger partial charge in [0, 0.05) is 11.8 Å². The van der Waals surface area contributed by atoms with Crippen LogP contribution >= 0.6 is 0 Å². The first kappa shape index (κ1) is 23.2. The number of hydrogen-bond acceptors (Lipinski definition) is 7. The quantitative estimate of drug-likeness (QED) is 0.430. The lowest BCUT2D eigenvalue weighted by Crippen LogP contribution is -2.54. The minimum atomic E-state index is -0.638. The molecule has 0 spiro atoms. The fourth-order valence-corrected chi connectivity index (χ4v) is 8.15. The molecular weight excluding hydrogens is 436 g/mol. The van der Waals surface area contributed by atoms with E-state index in [9.17, 15) is 25.3 Å². The number of benzene rings is 1. The van der Waals surface area contributed by atoms with Crippen molar-refractivity contribution >= 4 is 22.8 Å². The summed E-state index contributed by atoms with van der Waals surface area (Å²) in [5.74, 6) is 2.58. The van der Waals surface area contributed by atoms with Gasteiger partial charge >= 0.3 is 5.69 Å². The summed E-state index contributed by atoms with van der Waals surface area (Å²) in [4.78, 5) is 21.1. The lowest BCUT2D eigenvalue weighted by atomic mass is 9.45. The highest BCUT2D eigenvalue weighted by Gasteiger charge is 2.59. The fraction of sp³-hybridized carbons (Fsp3) is 0.720. The molecule has 0 saturated heterocycles. The van der Waals surface area contributed by atoms with Crippen molar-refractivity contribution in [3.05, 3.63) is 38.4 Å². The van der Waals surface area contributed by atoms with E-state index in [0.717, 1.165) is 56.7 Å². The second-order valence-electron chi connectivity index (χ2n) is 11.5. The van der Waals surface area contributed by atoms with Crippen molar-refractivity contribution in [3.8, 4) is 0 Å². The number of nitro groups is 2. The summed E-state index contributed by atoms with van der Waals surface area (Å²) < 4.78 is 0. The van der Waals surface area contributed by atoms with Crippen LogP contribution in [0.4, 0.5) is 17.1 Å². The predicted molar refractivity (Wildman–Crippen MR) is 129 cm³/mol. The Labute approximate surface area is 199 Å². The van der Waals surface area contributed by atoms with Crippen LogP contribution in [0.25, 0.3) is 0 Å². The van der Waals surface area contributed by atoms with Gasteiger partial charge < -0.3 is 5.11 Å². The van der Waals surface area contributed by atoms with E-state index in [4.69, 9.17) is 0 Å². The SMILES string of the molecule is C[C@@]12CCC3C(CCC4C/C(=N/Nc5ccc([N+](=O)[O-])cc5[N+](=O)[O-])CC[C@]43C)C1CCC2O. The molecule has 0 amide bonds. The Hall–Kier alpha value is -2.55. The Balaban J connectivity index is 1.31. The van der Waals surface area contributed by atoms with Crippen LogP contribution < -0.4 is 5.43 Å². The number of aliphatic hydroxyl groups is 1. The molecule has 4 aliphatic rings. The third-order valence-corrected chi connectivity index (χ3v) is 10.2. The lowest BCUT2D eigenvalue weighted by Gasteiger charge is -2.60. The van der Waals surface area contributed by atoms with E-state index in [1.807, 2.05) is 0 Å². The summed E-state index contributed by atoms with van der Waals surface area (Å²) in [6.07, 6.45) is 9.45. The second kappa shape index (κ2) is 8.29. The molecule has 184 valence electrons. The minimum Gasteiger partial charge on any atom is -0.393 e. The number of hydrazone groups is 1. The monoisotopic (exact) mass is 470 g/mol. The van der Waals surface area contributed by atoms with Crippen LogP contribution in [0.3, 0.4) is 0 Å². The maximum absolute atomic E-state index is 11.4.